The molecule has 7 heteroatoms. The maximum absolute atomic E-state index is 12.4. The minimum atomic E-state index is -0.229. The van der Waals surface area contributed by atoms with Gasteiger partial charge in [-0.1, -0.05) is 18.2 Å². The topological polar surface area (TPSA) is 73.0 Å². The molecule has 0 aromatic heterocycles. The largest absolute Gasteiger partial charge is 0.384 e. The predicted octanol–water partition coefficient (Wildman–Crippen LogP) is 0.448. The maximum Gasteiger partial charge on any atom is 0.242 e. The molecule has 2 saturated heterocycles. The summed E-state index contributed by atoms with van der Waals surface area (Å²) < 4.78 is 0. The number of amides is 3. The van der Waals surface area contributed by atoms with Crippen molar-refractivity contribution >= 4 is 23.4 Å². The Morgan fingerprint density at radius 3 is 2.46 bits per heavy atom. The number of hydrogen-bond donors (Lipinski definition) is 1. The maximum atomic E-state index is 12.4. The third-order valence-electron chi connectivity index (χ3n) is 5.50. The first-order chi connectivity index (χ1) is 12.6. The van der Waals surface area contributed by atoms with Crippen LogP contribution in [-0.2, 0) is 27.3 Å². The van der Waals surface area contributed by atoms with E-state index in [2.05, 4.69) is 28.4 Å². The molecule has 2 fully saturated rings. The van der Waals surface area contributed by atoms with Crippen LogP contribution < -0.4 is 5.32 Å². The molecule has 0 unspecified atom stereocenters. The van der Waals surface area contributed by atoms with Crippen molar-refractivity contribution in [1.82, 2.24) is 14.7 Å². The Morgan fingerprint density at radius 2 is 1.73 bits per heavy atom. The van der Waals surface area contributed by atoms with Crippen molar-refractivity contribution in [3.05, 3.63) is 29.3 Å². The summed E-state index contributed by atoms with van der Waals surface area (Å²) in [5.41, 5.74) is 3.97. The van der Waals surface area contributed by atoms with Crippen LogP contribution in [0.3, 0.4) is 0 Å². The van der Waals surface area contributed by atoms with Gasteiger partial charge in [-0.25, -0.2) is 0 Å². The molecular formula is C19H24N4O3. The van der Waals surface area contributed by atoms with Gasteiger partial charge in [0.2, 0.25) is 17.7 Å². The van der Waals surface area contributed by atoms with Crippen LogP contribution in [0, 0.1) is 0 Å². The smallest absolute Gasteiger partial charge is 0.242 e. The fraction of sp³-hybridized carbons (Fsp3) is 0.526. The van der Waals surface area contributed by atoms with E-state index >= 15 is 0 Å². The van der Waals surface area contributed by atoms with E-state index in [0.29, 0.717) is 13.1 Å². The van der Waals surface area contributed by atoms with Gasteiger partial charge in [-0.05, 0) is 17.5 Å². The number of piperazine rings is 1. The molecule has 1 N–H and O–H groups in total. The highest BCUT2D eigenvalue weighted by molar-refractivity contribution is 6.04. The summed E-state index contributed by atoms with van der Waals surface area (Å²) in [5, 5.41) is 3.47. The van der Waals surface area contributed by atoms with Gasteiger partial charge in [0, 0.05) is 57.8 Å². The average Bonchev–Trinajstić information content (AvgIpc) is 3.25. The Bertz CT molecular complexity index is 724. The number of benzene rings is 1. The van der Waals surface area contributed by atoms with E-state index in [4.69, 9.17) is 0 Å². The summed E-state index contributed by atoms with van der Waals surface area (Å²) in [4.78, 5) is 41.0. The minimum Gasteiger partial charge on any atom is -0.384 e. The lowest BCUT2D eigenvalue weighted by atomic mass is 10.1. The molecule has 3 heterocycles. The van der Waals surface area contributed by atoms with Gasteiger partial charge in [0.1, 0.15) is 6.54 Å². The van der Waals surface area contributed by atoms with Crippen molar-refractivity contribution in [2.24, 2.45) is 0 Å². The molecule has 4 rings (SSSR count). The third kappa shape index (κ3) is 3.31. The molecule has 1 aromatic carbocycles. The summed E-state index contributed by atoms with van der Waals surface area (Å²) >= 11 is 0. The molecule has 0 aliphatic carbocycles. The zero-order valence-corrected chi connectivity index (χ0v) is 14.9. The Morgan fingerprint density at radius 1 is 1.00 bits per heavy atom. The summed E-state index contributed by atoms with van der Waals surface area (Å²) in [5.74, 6) is -0.588. The number of nitrogens with zero attached hydrogens (tertiary/aromatic N) is 3. The van der Waals surface area contributed by atoms with E-state index in [1.54, 1.807) is 4.90 Å². The Hall–Kier alpha value is -2.41. The number of rotatable bonds is 4. The minimum absolute atomic E-state index is 0.103. The van der Waals surface area contributed by atoms with E-state index in [1.165, 1.54) is 16.8 Å². The molecule has 1 aromatic rings. The van der Waals surface area contributed by atoms with Crippen LogP contribution in [0.5, 0.6) is 0 Å². The first-order valence-electron chi connectivity index (χ1n) is 9.30. The van der Waals surface area contributed by atoms with Crippen molar-refractivity contribution in [1.29, 1.82) is 0 Å². The lowest BCUT2D eigenvalue weighted by Crippen LogP contribution is -2.51. The number of fused-ring (bicyclic) bond motifs is 1. The molecule has 3 aliphatic heterocycles. The average molecular weight is 356 g/mol. The van der Waals surface area contributed by atoms with Gasteiger partial charge in [-0.2, -0.15) is 0 Å². The first kappa shape index (κ1) is 17.0. The lowest BCUT2D eigenvalue weighted by Gasteiger charge is -2.35. The van der Waals surface area contributed by atoms with Crippen molar-refractivity contribution in [3.63, 3.8) is 0 Å². The molecule has 3 amide bonds. The molecule has 0 saturated carbocycles. The van der Waals surface area contributed by atoms with Crippen LogP contribution in [0.25, 0.3) is 0 Å². The molecule has 26 heavy (non-hydrogen) atoms. The molecule has 0 atom stereocenters. The molecule has 3 aliphatic rings. The number of imide groups is 1. The third-order valence-corrected chi connectivity index (χ3v) is 5.50. The van der Waals surface area contributed by atoms with Crippen LogP contribution in [-0.4, -0.2) is 71.7 Å². The van der Waals surface area contributed by atoms with Crippen molar-refractivity contribution in [2.45, 2.75) is 25.8 Å². The summed E-state index contributed by atoms with van der Waals surface area (Å²) in [7, 11) is 0. The zero-order chi connectivity index (χ0) is 18.1. The Labute approximate surface area is 152 Å². The van der Waals surface area contributed by atoms with Gasteiger partial charge in [0.25, 0.3) is 0 Å². The summed E-state index contributed by atoms with van der Waals surface area (Å²) in [6.07, 6.45) is 1.55. The quantitative estimate of drug-likeness (QED) is 0.793. The highest BCUT2D eigenvalue weighted by Gasteiger charge is 2.32. The van der Waals surface area contributed by atoms with Crippen LogP contribution in [0.2, 0.25) is 0 Å². The van der Waals surface area contributed by atoms with Crippen LogP contribution in [0.1, 0.15) is 24.0 Å². The number of para-hydroxylation sites is 1. The molecular weight excluding hydrogens is 332 g/mol. The highest BCUT2D eigenvalue weighted by atomic mass is 16.2. The molecule has 138 valence electrons. The Balaban J connectivity index is 1.30. The van der Waals surface area contributed by atoms with Gasteiger partial charge >= 0.3 is 0 Å². The zero-order valence-electron chi connectivity index (χ0n) is 14.9. The van der Waals surface area contributed by atoms with Crippen LogP contribution >= 0.6 is 0 Å². The second kappa shape index (κ2) is 7.07. The van der Waals surface area contributed by atoms with Crippen molar-refractivity contribution in [2.75, 3.05) is 44.6 Å². The number of carbonyl (C=O) groups excluding carboxylic acids is 3. The molecule has 0 spiro atoms. The predicted molar refractivity (Wildman–Crippen MR) is 96.4 cm³/mol. The summed E-state index contributed by atoms with van der Waals surface area (Å²) in [6, 6.07) is 6.46. The van der Waals surface area contributed by atoms with E-state index in [0.717, 1.165) is 37.5 Å². The summed E-state index contributed by atoms with van der Waals surface area (Å²) in [6.45, 7) is 4.65. The van der Waals surface area contributed by atoms with Gasteiger partial charge in [-0.15, -0.1) is 0 Å². The van der Waals surface area contributed by atoms with Crippen LogP contribution in [0.4, 0.5) is 5.69 Å². The standard InChI is InChI=1S/C19H24N4O3/c24-16-4-5-17(25)23(16)13-18(26)22-10-8-21(9-11-22)12-15-3-1-2-14-6-7-20-19(14)15/h1-3,20H,4-13H2. The van der Waals surface area contributed by atoms with Gasteiger partial charge in [-0.3, -0.25) is 24.2 Å². The monoisotopic (exact) mass is 356 g/mol. The highest BCUT2D eigenvalue weighted by Crippen LogP contribution is 2.27. The van der Waals surface area contributed by atoms with Crippen LogP contribution in [0.15, 0.2) is 18.2 Å². The second-order valence-electron chi connectivity index (χ2n) is 7.16. The SMILES string of the molecule is O=C(CN1C(=O)CCC1=O)N1CCN(Cc2cccc3c2NCC3)CC1. The van der Waals surface area contributed by atoms with Gasteiger partial charge in [0.05, 0.1) is 0 Å². The number of hydrogen-bond acceptors (Lipinski definition) is 5. The second-order valence-corrected chi connectivity index (χ2v) is 7.16. The van der Waals surface area contributed by atoms with Crippen molar-refractivity contribution in [3.8, 4) is 0 Å². The number of anilines is 1. The van der Waals surface area contributed by atoms with E-state index < -0.39 is 0 Å². The number of nitrogens with one attached hydrogen (secondary N) is 1. The van der Waals surface area contributed by atoms with Gasteiger partial charge in [0.15, 0.2) is 0 Å². The molecule has 7 nitrogen and oxygen atoms in total. The first-order valence-corrected chi connectivity index (χ1v) is 9.30. The van der Waals surface area contributed by atoms with E-state index in [-0.39, 0.29) is 37.1 Å². The molecule has 0 bridgehead atoms. The van der Waals surface area contributed by atoms with E-state index in [9.17, 15) is 14.4 Å². The van der Waals surface area contributed by atoms with E-state index in [1.807, 2.05) is 0 Å². The molecule has 0 radical (unpaired) electrons. The fourth-order valence-corrected chi connectivity index (χ4v) is 3.97. The number of carbonyl (C=O) groups is 3. The lowest BCUT2D eigenvalue weighted by molar-refractivity contribution is -0.146. The fourth-order valence-electron chi connectivity index (χ4n) is 3.97. The van der Waals surface area contributed by atoms with Gasteiger partial charge < -0.3 is 10.2 Å². The Kier molecular flexibility index (Phi) is 4.63. The normalized spacial score (nSPS) is 20.5. The van der Waals surface area contributed by atoms with Crippen molar-refractivity contribution < 1.29 is 14.4 Å². The number of likely N-dealkylation sites (tertiary alicyclic amines) is 1.